The van der Waals surface area contributed by atoms with E-state index in [0.717, 1.165) is 45.5 Å². The summed E-state index contributed by atoms with van der Waals surface area (Å²) in [4.78, 5) is 4.52. The van der Waals surface area contributed by atoms with Gasteiger partial charge < -0.3 is 5.32 Å². The van der Waals surface area contributed by atoms with Crippen molar-refractivity contribution in [3.8, 4) is 0 Å². The number of aromatic nitrogens is 5. The summed E-state index contributed by atoms with van der Waals surface area (Å²) in [5, 5.41) is 13.6. The van der Waals surface area contributed by atoms with Gasteiger partial charge in [-0.15, -0.1) is 0 Å². The Morgan fingerprint density at radius 1 is 1.07 bits per heavy atom. The number of halogens is 1. The SMILES string of the molecule is CCc1c(C)c(Br)n2ncnc(Nc3ccc4c(cnn4Cc4ccccc4)c3)c12. The second kappa shape index (κ2) is 7.57. The van der Waals surface area contributed by atoms with E-state index >= 15 is 0 Å². The zero-order valence-electron chi connectivity index (χ0n) is 16.8. The molecular formula is C23H21BrN6. The Kier molecular flexibility index (Phi) is 4.75. The number of aryl methyl sites for hydroxylation is 1. The first-order valence-corrected chi connectivity index (χ1v) is 10.7. The number of hydrogen-bond acceptors (Lipinski definition) is 4. The number of rotatable bonds is 5. The van der Waals surface area contributed by atoms with Crippen LogP contribution in [0.1, 0.15) is 23.6 Å². The van der Waals surface area contributed by atoms with Crippen molar-refractivity contribution in [2.24, 2.45) is 0 Å². The molecule has 0 unspecified atom stereocenters. The van der Waals surface area contributed by atoms with Gasteiger partial charge in [0.25, 0.3) is 0 Å². The van der Waals surface area contributed by atoms with E-state index < -0.39 is 0 Å². The van der Waals surface area contributed by atoms with Gasteiger partial charge in [-0.25, -0.2) is 9.50 Å². The van der Waals surface area contributed by atoms with Crippen LogP contribution in [0.15, 0.2) is 65.7 Å². The summed E-state index contributed by atoms with van der Waals surface area (Å²) in [7, 11) is 0. The maximum absolute atomic E-state index is 4.58. The van der Waals surface area contributed by atoms with Crippen molar-refractivity contribution in [1.29, 1.82) is 0 Å². The zero-order valence-corrected chi connectivity index (χ0v) is 18.4. The zero-order chi connectivity index (χ0) is 20.7. The van der Waals surface area contributed by atoms with E-state index in [4.69, 9.17) is 0 Å². The minimum Gasteiger partial charge on any atom is -0.338 e. The lowest BCUT2D eigenvalue weighted by Crippen LogP contribution is -2.02. The van der Waals surface area contributed by atoms with Gasteiger partial charge in [-0.05, 0) is 64.2 Å². The second-order valence-electron chi connectivity index (χ2n) is 7.30. The fraction of sp³-hybridized carbons (Fsp3) is 0.174. The summed E-state index contributed by atoms with van der Waals surface area (Å²) >= 11 is 3.66. The van der Waals surface area contributed by atoms with Gasteiger partial charge in [0, 0.05) is 11.1 Å². The highest BCUT2D eigenvalue weighted by atomic mass is 79.9. The summed E-state index contributed by atoms with van der Waals surface area (Å²) in [6, 6.07) is 16.7. The third-order valence-electron chi connectivity index (χ3n) is 5.46. The molecule has 0 saturated carbocycles. The lowest BCUT2D eigenvalue weighted by Gasteiger charge is -2.09. The molecule has 0 amide bonds. The van der Waals surface area contributed by atoms with Crippen molar-refractivity contribution in [3.63, 3.8) is 0 Å². The first kappa shape index (κ1) is 18.8. The van der Waals surface area contributed by atoms with Crippen LogP contribution in [-0.2, 0) is 13.0 Å². The molecule has 0 radical (unpaired) electrons. The average molecular weight is 461 g/mol. The molecule has 3 heterocycles. The van der Waals surface area contributed by atoms with Gasteiger partial charge in [-0.3, -0.25) is 4.68 Å². The lowest BCUT2D eigenvalue weighted by molar-refractivity contribution is 0.712. The molecule has 7 heteroatoms. The molecule has 0 aliphatic carbocycles. The molecule has 3 aromatic heterocycles. The molecule has 1 N–H and O–H groups in total. The van der Waals surface area contributed by atoms with E-state index in [-0.39, 0.29) is 0 Å². The molecule has 0 aliphatic rings. The monoisotopic (exact) mass is 460 g/mol. The first-order valence-electron chi connectivity index (χ1n) is 9.93. The van der Waals surface area contributed by atoms with Crippen LogP contribution >= 0.6 is 15.9 Å². The van der Waals surface area contributed by atoms with Crippen LogP contribution in [0, 0.1) is 6.92 Å². The van der Waals surface area contributed by atoms with Gasteiger partial charge in [-0.1, -0.05) is 37.3 Å². The molecular weight excluding hydrogens is 440 g/mol. The normalized spacial score (nSPS) is 11.4. The van der Waals surface area contributed by atoms with Gasteiger partial charge in [0.05, 0.1) is 18.3 Å². The van der Waals surface area contributed by atoms with E-state index in [1.54, 1.807) is 6.33 Å². The topological polar surface area (TPSA) is 60.0 Å². The predicted octanol–water partition coefficient (Wildman–Crippen LogP) is 5.50. The minimum absolute atomic E-state index is 0.751. The van der Waals surface area contributed by atoms with Crippen LogP contribution in [-0.4, -0.2) is 24.4 Å². The molecule has 150 valence electrons. The van der Waals surface area contributed by atoms with Crippen molar-refractivity contribution in [2.75, 3.05) is 5.32 Å². The molecule has 30 heavy (non-hydrogen) atoms. The van der Waals surface area contributed by atoms with Gasteiger partial charge in [0.2, 0.25) is 0 Å². The largest absolute Gasteiger partial charge is 0.338 e. The second-order valence-corrected chi connectivity index (χ2v) is 8.05. The number of nitrogens with zero attached hydrogens (tertiary/aromatic N) is 5. The van der Waals surface area contributed by atoms with Crippen LogP contribution in [0.25, 0.3) is 16.4 Å². The van der Waals surface area contributed by atoms with E-state index in [2.05, 4.69) is 92.7 Å². The molecule has 2 aromatic carbocycles. The van der Waals surface area contributed by atoms with Crippen LogP contribution < -0.4 is 5.32 Å². The molecule has 0 saturated heterocycles. The maximum Gasteiger partial charge on any atom is 0.158 e. The lowest BCUT2D eigenvalue weighted by atomic mass is 10.1. The van der Waals surface area contributed by atoms with Crippen LogP contribution in [0.3, 0.4) is 0 Å². The molecule has 6 nitrogen and oxygen atoms in total. The highest BCUT2D eigenvalue weighted by Gasteiger charge is 2.17. The summed E-state index contributed by atoms with van der Waals surface area (Å²) in [5.41, 5.74) is 6.74. The van der Waals surface area contributed by atoms with Crippen molar-refractivity contribution in [3.05, 3.63) is 82.3 Å². The van der Waals surface area contributed by atoms with Crippen LogP contribution in [0.2, 0.25) is 0 Å². The molecule has 5 aromatic rings. The Balaban J connectivity index is 1.50. The Bertz CT molecular complexity index is 1350. The van der Waals surface area contributed by atoms with Gasteiger partial charge in [-0.2, -0.15) is 10.2 Å². The molecule has 0 fully saturated rings. The van der Waals surface area contributed by atoms with Crippen molar-refractivity contribution in [1.82, 2.24) is 24.4 Å². The predicted molar refractivity (Wildman–Crippen MR) is 123 cm³/mol. The Morgan fingerprint density at radius 3 is 2.70 bits per heavy atom. The smallest absolute Gasteiger partial charge is 0.158 e. The van der Waals surface area contributed by atoms with Crippen molar-refractivity contribution in [2.45, 2.75) is 26.8 Å². The molecule has 5 rings (SSSR count). The average Bonchev–Trinajstić information content (AvgIpc) is 3.28. The Labute approximate surface area is 182 Å². The van der Waals surface area contributed by atoms with Gasteiger partial charge in [0.1, 0.15) is 16.4 Å². The molecule has 0 aliphatic heterocycles. The number of nitrogens with one attached hydrogen (secondary N) is 1. The van der Waals surface area contributed by atoms with E-state index in [9.17, 15) is 0 Å². The third kappa shape index (κ3) is 3.15. The van der Waals surface area contributed by atoms with Crippen LogP contribution in [0.5, 0.6) is 0 Å². The third-order valence-corrected chi connectivity index (χ3v) is 6.39. The highest BCUT2D eigenvalue weighted by Crippen LogP contribution is 2.32. The minimum atomic E-state index is 0.751. The van der Waals surface area contributed by atoms with E-state index in [1.807, 2.05) is 21.5 Å². The molecule has 0 atom stereocenters. The summed E-state index contributed by atoms with van der Waals surface area (Å²) < 4.78 is 4.90. The van der Waals surface area contributed by atoms with Crippen molar-refractivity contribution >= 4 is 43.9 Å². The number of fused-ring (bicyclic) bond motifs is 2. The summed E-state index contributed by atoms with van der Waals surface area (Å²) in [5.74, 6) is 0.798. The number of benzene rings is 2. The standard InChI is InChI=1S/C23H21BrN6/c1-3-19-15(2)22(24)30-21(19)23(25-14-27-30)28-18-9-10-20-17(11-18)12-26-29(20)13-16-7-5-4-6-8-16/h4-12,14H,3,13H2,1-2H3,(H,25,27,28). The summed E-state index contributed by atoms with van der Waals surface area (Å²) in [6.07, 6.45) is 4.40. The molecule has 0 spiro atoms. The quantitative estimate of drug-likeness (QED) is 0.375. The van der Waals surface area contributed by atoms with E-state index in [1.165, 1.54) is 16.7 Å². The Hall–Kier alpha value is -3.19. The van der Waals surface area contributed by atoms with Gasteiger partial charge >= 0.3 is 0 Å². The number of hydrogen-bond donors (Lipinski definition) is 1. The van der Waals surface area contributed by atoms with Crippen LogP contribution in [0.4, 0.5) is 11.5 Å². The van der Waals surface area contributed by atoms with E-state index in [0.29, 0.717) is 0 Å². The highest BCUT2D eigenvalue weighted by molar-refractivity contribution is 9.10. The van der Waals surface area contributed by atoms with Crippen molar-refractivity contribution < 1.29 is 0 Å². The fourth-order valence-corrected chi connectivity index (χ4v) is 4.45. The number of anilines is 2. The summed E-state index contributed by atoms with van der Waals surface area (Å²) in [6.45, 7) is 5.01. The molecule has 0 bridgehead atoms. The Morgan fingerprint density at radius 2 is 1.90 bits per heavy atom. The fourth-order valence-electron chi connectivity index (χ4n) is 3.94. The van der Waals surface area contributed by atoms with Gasteiger partial charge in [0.15, 0.2) is 5.82 Å². The maximum atomic E-state index is 4.58. The first-order chi connectivity index (χ1) is 14.7.